The quantitative estimate of drug-likeness (QED) is 0.839. The van der Waals surface area contributed by atoms with Gasteiger partial charge in [0.05, 0.1) is 7.11 Å². The first-order chi connectivity index (χ1) is 7.19. The first-order valence-electron chi connectivity index (χ1n) is 5.31. The largest absolute Gasteiger partial charge is 0.508 e. The second kappa shape index (κ2) is 7.36. The molecule has 0 aliphatic carbocycles. The van der Waals surface area contributed by atoms with Gasteiger partial charge in [0.15, 0.2) is 0 Å². The van der Waals surface area contributed by atoms with Crippen molar-refractivity contribution in [2.75, 3.05) is 7.11 Å². The highest BCUT2D eigenvalue weighted by Crippen LogP contribution is 2.29. The van der Waals surface area contributed by atoms with Crippen molar-refractivity contribution in [2.24, 2.45) is 5.73 Å². The number of phenolic OH excluding ortho intramolecular Hbond substituents is 1. The predicted molar refractivity (Wildman–Crippen MR) is 68.4 cm³/mol. The van der Waals surface area contributed by atoms with Gasteiger partial charge in [-0.1, -0.05) is 25.8 Å². The summed E-state index contributed by atoms with van der Waals surface area (Å²) < 4.78 is 5.19. The molecule has 1 atom stereocenters. The minimum absolute atomic E-state index is 0. The Labute approximate surface area is 103 Å². The van der Waals surface area contributed by atoms with Gasteiger partial charge in [0.2, 0.25) is 0 Å². The van der Waals surface area contributed by atoms with E-state index in [4.69, 9.17) is 10.5 Å². The predicted octanol–water partition coefficient (Wildman–Crippen LogP) is 3.01. The molecule has 0 saturated heterocycles. The van der Waals surface area contributed by atoms with E-state index in [2.05, 4.69) is 6.92 Å². The van der Waals surface area contributed by atoms with Crippen LogP contribution in [0.1, 0.15) is 37.8 Å². The van der Waals surface area contributed by atoms with Crippen molar-refractivity contribution in [3.63, 3.8) is 0 Å². The van der Waals surface area contributed by atoms with Crippen LogP contribution < -0.4 is 10.5 Å². The van der Waals surface area contributed by atoms with Crippen LogP contribution in [0.2, 0.25) is 0 Å². The molecule has 1 rings (SSSR count). The molecule has 0 radical (unpaired) electrons. The van der Waals surface area contributed by atoms with Crippen LogP contribution in [-0.4, -0.2) is 12.2 Å². The van der Waals surface area contributed by atoms with E-state index in [0.29, 0.717) is 5.75 Å². The number of methoxy groups -OCH3 is 1. The van der Waals surface area contributed by atoms with Crippen LogP contribution >= 0.6 is 12.4 Å². The zero-order valence-corrected chi connectivity index (χ0v) is 10.6. The first kappa shape index (κ1) is 15.1. The molecule has 0 bridgehead atoms. The van der Waals surface area contributed by atoms with Crippen molar-refractivity contribution >= 4 is 12.4 Å². The molecule has 3 nitrogen and oxygen atoms in total. The molecule has 0 amide bonds. The van der Waals surface area contributed by atoms with Gasteiger partial charge in [-0.05, 0) is 12.5 Å². The molecule has 4 heteroatoms. The molecule has 16 heavy (non-hydrogen) atoms. The number of aromatic hydroxyl groups is 1. The summed E-state index contributed by atoms with van der Waals surface area (Å²) in [5.74, 6) is 0.872. The van der Waals surface area contributed by atoms with Crippen molar-refractivity contribution in [1.29, 1.82) is 0 Å². The van der Waals surface area contributed by atoms with Crippen molar-refractivity contribution < 1.29 is 9.84 Å². The van der Waals surface area contributed by atoms with Gasteiger partial charge in [0.1, 0.15) is 11.5 Å². The number of hydrogen-bond donors (Lipinski definition) is 2. The molecule has 3 N–H and O–H groups in total. The fourth-order valence-electron chi connectivity index (χ4n) is 1.59. The minimum Gasteiger partial charge on any atom is -0.508 e. The average Bonchev–Trinajstić information content (AvgIpc) is 2.25. The van der Waals surface area contributed by atoms with Crippen LogP contribution in [0.25, 0.3) is 0 Å². The van der Waals surface area contributed by atoms with Gasteiger partial charge in [0, 0.05) is 17.7 Å². The Hall–Kier alpha value is -0.930. The Bertz CT molecular complexity index is 318. The Morgan fingerprint density at radius 3 is 2.69 bits per heavy atom. The molecule has 0 fully saturated rings. The number of unbranched alkanes of at least 4 members (excludes halogenated alkanes) is 1. The lowest BCUT2D eigenvalue weighted by Crippen LogP contribution is -2.11. The van der Waals surface area contributed by atoms with Crippen LogP contribution in [0.5, 0.6) is 11.5 Å². The Kier molecular flexibility index (Phi) is 6.93. The second-order valence-electron chi connectivity index (χ2n) is 3.67. The molecule has 1 aromatic carbocycles. The van der Waals surface area contributed by atoms with Crippen molar-refractivity contribution in [3.8, 4) is 11.5 Å². The molecule has 0 aliphatic rings. The summed E-state index contributed by atoms with van der Waals surface area (Å²) in [7, 11) is 1.59. The zero-order chi connectivity index (χ0) is 11.3. The number of rotatable bonds is 5. The first-order valence-corrected chi connectivity index (χ1v) is 5.31. The number of hydrogen-bond acceptors (Lipinski definition) is 3. The summed E-state index contributed by atoms with van der Waals surface area (Å²) in [5, 5.41) is 9.31. The smallest absolute Gasteiger partial charge is 0.127 e. The molecule has 0 aliphatic heterocycles. The van der Waals surface area contributed by atoms with E-state index in [9.17, 15) is 5.11 Å². The third-order valence-electron chi connectivity index (χ3n) is 2.49. The fourth-order valence-corrected chi connectivity index (χ4v) is 1.59. The lowest BCUT2D eigenvalue weighted by molar-refractivity contribution is 0.397. The Morgan fingerprint density at radius 2 is 2.12 bits per heavy atom. The van der Waals surface area contributed by atoms with E-state index >= 15 is 0 Å². The van der Waals surface area contributed by atoms with Gasteiger partial charge < -0.3 is 15.6 Å². The highest BCUT2D eigenvalue weighted by molar-refractivity contribution is 5.85. The molecular formula is C12H20ClNO2. The maximum absolute atomic E-state index is 9.31. The summed E-state index contributed by atoms with van der Waals surface area (Å²) >= 11 is 0. The van der Waals surface area contributed by atoms with E-state index in [0.717, 1.165) is 24.8 Å². The SMILES string of the molecule is CCCC[C@H](N)c1ccc(O)cc1OC.Cl. The highest BCUT2D eigenvalue weighted by atomic mass is 35.5. The standard InChI is InChI=1S/C12H19NO2.ClH/c1-3-4-5-11(13)10-7-6-9(14)8-12(10)15-2;/h6-8,11,14H,3-5,13H2,1-2H3;1H/t11-;/m0./s1. The number of halogens is 1. The minimum atomic E-state index is -0.0134. The van der Waals surface area contributed by atoms with Gasteiger partial charge in [-0.2, -0.15) is 0 Å². The lowest BCUT2D eigenvalue weighted by atomic mass is 10.0. The van der Waals surface area contributed by atoms with E-state index in [1.807, 2.05) is 6.07 Å². The third-order valence-corrected chi connectivity index (χ3v) is 2.49. The van der Waals surface area contributed by atoms with E-state index in [-0.39, 0.29) is 24.2 Å². The average molecular weight is 246 g/mol. The van der Waals surface area contributed by atoms with Crippen LogP contribution in [0.4, 0.5) is 0 Å². The zero-order valence-electron chi connectivity index (χ0n) is 9.77. The molecule has 0 heterocycles. The Morgan fingerprint density at radius 1 is 1.44 bits per heavy atom. The van der Waals surface area contributed by atoms with Gasteiger partial charge in [-0.25, -0.2) is 0 Å². The summed E-state index contributed by atoms with van der Waals surface area (Å²) in [6.45, 7) is 2.14. The van der Waals surface area contributed by atoms with E-state index in [1.54, 1.807) is 19.2 Å². The van der Waals surface area contributed by atoms with Crippen molar-refractivity contribution in [1.82, 2.24) is 0 Å². The van der Waals surface area contributed by atoms with Crippen LogP contribution in [0.15, 0.2) is 18.2 Å². The highest BCUT2D eigenvalue weighted by Gasteiger charge is 2.11. The second-order valence-corrected chi connectivity index (χ2v) is 3.67. The number of benzene rings is 1. The molecule has 0 unspecified atom stereocenters. The number of nitrogens with two attached hydrogens (primary N) is 1. The van der Waals surface area contributed by atoms with Crippen LogP contribution in [0, 0.1) is 0 Å². The van der Waals surface area contributed by atoms with Crippen molar-refractivity contribution in [3.05, 3.63) is 23.8 Å². The molecule has 0 saturated carbocycles. The molecular weight excluding hydrogens is 226 g/mol. The normalized spacial score (nSPS) is 11.7. The monoisotopic (exact) mass is 245 g/mol. The van der Waals surface area contributed by atoms with E-state index in [1.165, 1.54) is 0 Å². The van der Waals surface area contributed by atoms with Gasteiger partial charge in [-0.3, -0.25) is 0 Å². The summed E-state index contributed by atoms with van der Waals surface area (Å²) in [4.78, 5) is 0. The molecule has 0 spiro atoms. The summed E-state index contributed by atoms with van der Waals surface area (Å²) in [6.07, 6.45) is 3.18. The maximum Gasteiger partial charge on any atom is 0.127 e. The number of ether oxygens (including phenoxy) is 1. The van der Waals surface area contributed by atoms with Gasteiger partial charge in [-0.15, -0.1) is 12.4 Å². The van der Waals surface area contributed by atoms with E-state index < -0.39 is 0 Å². The van der Waals surface area contributed by atoms with Gasteiger partial charge >= 0.3 is 0 Å². The molecule has 92 valence electrons. The maximum atomic E-state index is 9.31. The number of phenols is 1. The topological polar surface area (TPSA) is 55.5 Å². The molecule has 0 aromatic heterocycles. The van der Waals surface area contributed by atoms with Crippen LogP contribution in [0.3, 0.4) is 0 Å². The lowest BCUT2D eigenvalue weighted by Gasteiger charge is -2.15. The fraction of sp³-hybridized carbons (Fsp3) is 0.500. The molecule has 1 aromatic rings. The van der Waals surface area contributed by atoms with Crippen LogP contribution in [-0.2, 0) is 0 Å². The summed E-state index contributed by atoms with van der Waals surface area (Å²) in [6, 6.07) is 5.06. The Balaban J connectivity index is 0.00000225. The third kappa shape index (κ3) is 3.91. The van der Waals surface area contributed by atoms with Gasteiger partial charge in [0.25, 0.3) is 0 Å². The van der Waals surface area contributed by atoms with Crippen molar-refractivity contribution in [2.45, 2.75) is 32.2 Å². The summed E-state index contributed by atoms with van der Waals surface area (Å²) in [5.41, 5.74) is 7.01.